The van der Waals surface area contributed by atoms with Crippen molar-refractivity contribution in [3.05, 3.63) is 12.2 Å². The Kier molecular flexibility index (Phi) is 4.93. The molecule has 0 radical (unpaired) electrons. The maximum Gasteiger partial charge on any atom is 0.328 e. The Hall–Kier alpha value is -0.540. The number of rotatable bonds is 4. The first kappa shape index (κ1) is 11.5. The Bertz CT molecular complexity index is 178. The smallest absolute Gasteiger partial charge is 0.328 e. The number of hydrogen-bond acceptors (Lipinski definition) is 2. The quantitative estimate of drug-likeness (QED) is 0.678. The summed E-state index contributed by atoms with van der Waals surface area (Å²) in [7, 11) is 2.02. The minimum Gasteiger partial charge on any atom is -0.478 e. The van der Waals surface area contributed by atoms with Gasteiger partial charge in [-0.15, -0.1) is 12.4 Å². The van der Waals surface area contributed by atoms with E-state index >= 15 is 0 Å². The molecule has 3 nitrogen and oxygen atoms in total. The van der Waals surface area contributed by atoms with Crippen LogP contribution in [0.5, 0.6) is 0 Å². The van der Waals surface area contributed by atoms with Gasteiger partial charge >= 0.3 is 5.97 Å². The molecule has 0 saturated heterocycles. The molecule has 1 aliphatic carbocycles. The van der Waals surface area contributed by atoms with Gasteiger partial charge in [-0.3, -0.25) is 4.90 Å². The van der Waals surface area contributed by atoms with Gasteiger partial charge in [-0.25, -0.2) is 4.79 Å². The van der Waals surface area contributed by atoms with E-state index in [-0.39, 0.29) is 12.4 Å². The van der Waals surface area contributed by atoms with Crippen LogP contribution >= 0.6 is 12.4 Å². The molecule has 0 amide bonds. The fourth-order valence-corrected chi connectivity index (χ4v) is 0.984. The van der Waals surface area contributed by atoms with E-state index in [4.69, 9.17) is 5.11 Å². The van der Waals surface area contributed by atoms with Crippen LogP contribution < -0.4 is 0 Å². The highest BCUT2D eigenvalue weighted by Crippen LogP contribution is 2.24. The summed E-state index contributed by atoms with van der Waals surface area (Å²) >= 11 is 0. The van der Waals surface area contributed by atoms with Crippen LogP contribution in [0, 0.1) is 0 Å². The van der Waals surface area contributed by atoms with Gasteiger partial charge in [0.15, 0.2) is 0 Å². The molecule has 70 valence electrons. The molecule has 0 aromatic carbocycles. The van der Waals surface area contributed by atoms with E-state index in [0.29, 0.717) is 6.04 Å². The van der Waals surface area contributed by atoms with E-state index in [1.165, 1.54) is 18.9 Å². The van der Waals surface area contributed by atoms with Crippen molar-refractivity contribution in [2.24, 2.45) is 0 Å². The number of hydrogen-bond donors (Lipinski definition) is 1. The lowest BCUT2D eigenvalue weighted by Crippen LogP contribution is -2.20. The van der Waals surface area contributed by atoms with E-state index in [1.807, 2.05) is 7.05 Å². The maximum atomic E-state index is 10.1. The zero-order valence-electron chi connectivity index (χ0n) is 7.06. The summed E-state index contributed by atoms with van der Waals surface area (Å²) < 4.78 is 0. The minimum atomic E-state index is -0.866. The van der Waals surface area contributed by atoms with Crippen molar-refractivity contribution < 1.29 is 9.90 Å². The maximum absolute atomic E-state index is 10.1. The molecular formula is C8H14ClNO2. The van der Waals surface area contributed by atoms with Gasteiger partial charge in [-0.1, -0.05) is 6.08 Å². The van der Waals surface area contributed by atoms with Crippen molar-refractivity contribution in [2.45, 2.75) is 18.9 Å². The van der Waals surface area contributed by atoms with Crippen molar-refractivity contribution in [1.29, 1.82) is 0 Å². The van der Waals surface area contributed by atoms with Crippen LogP contribution in [0.15, 0.2) is 12.2 Å². The minimum absolute atomic E-state index is 0. The molecule has 1 N–H and O–H groups in total. The molecule has 0 aromatic heterocycles. The van der Waals surface area contributed by atoms with Gasteiger partial charge in [-0.2, -0.15) is 0 Å². The third kappa shape index (κ3) is 4.36. The van der Waals surface area contributed by atoms with Gasteiger partial charge in [0.1, 0.15) is 0 Å². The highest BCUT2D eigenvalue weighted by molar-refractivity contribution is 5.85. The molecule has 1 fully saturated rings. The van der Waals surface area contributed by atoms with Crippen LogP contribution in [0.2, 0.25) is 0 Å². The number of carboxylic acid groups (broad SMARTS) is 1. The Labute approximate surface area is 78.5 Å². The molecule has 0 atom stereocenters. The van der Waals surface area contributed by atoms with E-state index in [0.717, 1.165) is 6.54 Å². The van der Waals surface area contributed by atoms with Gasteiger partial charge < -0.3 is 5.11 Å². The zero-order valence-corrected chi connectivity index (χ0v) is 7.88. The fourth-order valence-electron chi connectivity index (χ4n) is 0.984. The molecule has 0 unspecified atom stereocenters. The lowest BCUT2D eigenvalue weighted by Gasteiger charge is -2.11. The SMILES string of the molecule is CN(CC=CC(=O)O)C1CC1.Cl. The summed E-state index contributed by atoms with van der Waals surface area (Å²) in [6, 6.07) is 0.702. The number of carboxylic acids is 1. The predicted octanol–water partition coefficient (Wildman–Crippen LogP) is 1.14. The summed E-state index contributed by atoms with van der Waals surface area (Å²) in [6.45, 7) is 0.747. The Morgan fingerprint density at radius 3 is 2.67 bits per heavy atom. The Morgan fingerprint density at radius 2 is 2.25 bits per heavy atom. The lowest BCUT2D eigenvalue weighted by molar-refractivity contribution is -0.131. The van der Waals surface area contributed by atoms with Crippen LogP contribution in [-0.2, 0) is 4.79 Å². The number of likely N-dealkylation sites (N-methyl/N-ethyl adjacent to an activating group) is 1. The fraction of sp³-hybridized carbons (Fsp3) is 0.625. The van der Waals surface area contributed by atoms with Crippen LogP contribution in [0.4, 0.5) is 0 Å². The first-order valence-electron chi connectivity index (χ1n) is 3.80. The normalized spacial score (nSPS) is 16.5. The molecular weight excluding hydrogens is 178 g/mol. The highest BCUT2D eigenvalue weighted by atomic mass is 35.5. The van der Waals surface area contributed by atoms with Crippen LogP contribution in [0.3, 0.4) is 0 Å². The molecule has 0 spiro atoms. The molecule has 1 aliphatic rings. The predicted molar refractivity (Wildman–Crippen MR) is 49.7 cm³/mol. The molecule has 0 aromatic rings. The largest absolute Gasteiger partial charge is 0.478 e. The average Bonchev–Trinajstić information content (AvgIpc) is 2.66. The van der Waals surface area contributed by atoms with Crippen molar-refractivity contribution >= 4 is 18.4 Å². The first-order chi connectivity index (χ1) is 5.20. The van der Waals surface area contributed by atoms with Gasteiger partial charge in [0, 0.05) is 18.7 Å². The van der Waals surface area contributed by atoms with Crippen LogP contribution in [0.1, 0.15) is 12.8 Å². The molecule has 1 rings (SSSR count). The highest BCUT2D eigenvalue weighted by Gasteiger charge is 2.24. The van der Waals surface area contributed by atoms with Gasteiger partial charge in [0.05, 0.1) is 0 Å². The summed E-state index contributed by atoms with van der Waals surface area (Å²) in [5.41, 5.74) is 0. The number of nitrogens with zero attached hydrogens (tertiary/aromatic N) is 1. The van der Waals surface area contributed by atoms with Crippen molar-refractivity contribution in [1.82, 2.24) is 4.90 Å². The Morgan fingerprint density at radius 1 is 1.67 bits per heavy atom. The summed E-state index contributed by atoms with van der Waals surface area (Å²) in [6.07, 6.45) is 5.40. The molecule has 0 aliphatic heterocycles. The molecule has 1 saturated carbocycles. The lowest BCUT2D eigenvalue weighted by atomic mass is 10.4. The monoisotopic (exact) mass is 191 g/mol. The number of aliphatic carboxylic acids is 1. The zero-order chi connectivity index (χ0) is 8.27. The molecule has 0 bridgehead atoms. The van der Waals surface area contributed by atoms with Crippen LogP contribution in [0.25, 0.3) is 0 Å². The second kappa shape index (κ2) is 5.17. The second-order valence-electron chi connectivity index (χ2n) is 2.91. The van der Waals surface area contributed by atoms with E-state index in [9.17, 15) is 4.79 Å². The average molecular weight is 192 g/mol. The van der Waals surface area contributed by atoms with E-state index in [1.54, 1.807) is 6.08 Å². The summed E-state index contributed by atoms with van der Waals surface area (Å²) in [5, 5.41) is 8.28. The van der Waals surface area contributed by atoms with Gasteiger partial charge in [-0.05, 0) is 19.9 Å². The third-order valence-corrected chi connectivity index (χ3v) is 1.82. The van der Waals surface area contributed by atoms with Crippen molar-refractivity contribution in [3.63, 3.8) is 0 Å². The Balaban J connectivity index is 0.00000121. The molecule has 12 heavy (non-hydrogen) atoms. The van der Waals surface area contributed by atoms with Crippen LogP contribution in [-0.4, -0.2) is 35.6 Å². The number of carbonyl (C=O) groups is 1. The molecule has 4 heteroatoms. The first-order valence-corrected chi connectivity index (χ1v) is 3.80. The van der Waals surface area contributed by atoms with Gasteiger partial charge in [0.2, 0.25) is 0 Å². The number of halogens is 1. The van der Waals surface area contributed by atoms with Gasteiger partial charge in [0.25, 0.3) is 0 Å². The molecule has 0 heterocycles. The standard InChI is InChI=1S/C8H13NO2.ClH/c1-9(7-4-5-7)6-2-3-8(10)11;/h2-3,7H,4-6H2,1H3,(H,10,11);1H. The van der Waals surface area contributed by atoms with Crippen molar-refractivity contribution in [3.8, 4) is 0 Å². The van der Waals surface area contributed by atoms with Crippen molar-refractivity contribution in [2.75, 3.05) is 13.6 Å². The summed E-state index contributed by atoms with van der Waals surface area (Å²) in [5.74, 6) is -0.866. The topological polar surface area (TPSA) is 40.5 Å². The summed E-state index contributed by atoms with van der Waals surface area (Å²) in [4.78, 5) is 12.2. The van der Waals surface area contributed by atoms with E-state index in [2.05, 4.69) is 4.90 Å². The second-order valence-corrected chi connectivity index (χ2v) is 2.91. The third-order valence-electron chi connectivity index (χ3n) is 1.82. The van der Waals surface area contributed by atoms with E-state index < -0.39 is 5.97 Å².